The molecule has 0 fully saturated rings. The third-order valence-electron chi connectivity index (χ3n) is 4.99. The van der Waals surface area contributed by atoms with Gasteiger partial charge in [0.05, 0.1) is 12.8 Å². The van der Waals surface area contributed by atoms with Gasteiger partial charge in [0, 0.05) is 16.5 Å². The predicted molar refractivity (Wildman–Crippen MR) is 121 cm³/mol. The number of carbonyl (C=O) groups excluding carboxylic acids is 2. The van der Waals surface area contributed by atoms with E-state index >= 15 is 0 Å². The van der Waals surface area contributed by atoms with E-state index < -0.39 is 6.04 Å². The number of amides is 2. The van der Waals surface area contributed by atoms with Crippen LogP contribution in [0.4, 0.5) is 5.13 Å². The van der Waals surface area contributed by atoms with E-state index in [1.807, 2.05) is 37.4 Å². The number of thiazole rings is 1. The SMILES string of the molecule is COc1ccc(C(=O)NC(C(=O)Nc2nc(-c3ccc4c(c3)OCO4)cs2)C(C)C)cc1. The molecule has 2 N–H and O–H groups in total. The Bertz CT molecular complexity index is 1130. The Hall–Kier alpha value is -3.59. The summed E-state index contributed by atoms with van der Waals surface area (Å²) in [6.45, 7) is 3.95. The molecule has 1 atom stereocenters. The number of fused-ring (bicyclic) bond motifs is 1. The van der Waals surface area contributed by atoms with Crippen LogP contribution >= 0.6 is 11.3 Å². The fraction of sp³-hybridized carbons (Fsp3) is 0.261. The summed E-state index contributed by atoms with van der Waals surface area (Å²) < 4.78 is 15.9. The van der Waals surface area contributed by atoms with Crippen molar-refractivity contribution in [2.45, 2.75) is 19.9 Å². The van der Waals surface area contributed by atoms with E-state index in [0.717, 1.165) is 5.56 Å². The lowest BCUT2D eigenvalue weighted by Gasteiger charge is -2.21. The van der Waals surface area contributed by atoms with Gasteiger partial charge in [-0.15, -0.1) is 11.3 Å². The fourth-order valence-electron chi connectivity index (χ4n) is 3.20. The second-order valence-electron chi connectivity index (χ2n) is 7.52. The minimum Gasteiger partial charge on any atom is -0.497 e. The topological polar surface area (TPSA) is 98.8 Å². The van der Waals surface area contributed by atoms with Gasteiger partial charge in [-0.3, -0.25) is 9.59 Å². The average Bonchev–Trinajstić information content (AvgIpc) is 3.46. The summed E-state index contributed by atoms with van der Waals surface area (Å²) in [5, 5.41) is 7.94. The molecule has 4 rings (SSSR count). The molecular formula is C23H23N3O5S. The number of rotatable bonds is 7. The van der Waals surface area contributed by atoms with Crippen molar-refractivity contribution in [2.75, 3.05) is 19.2 Å². The quantitative estimate of drug-likeness (QED) is 0.562. The van der Waals surface area contributed by atoms with Gasteiger partial charge in [0.25, 0.3) is 5.91 Å². The van der Waals surface area contributed by atoms with E-state index in [2.05, 4.69) is 15.6 Å². The van der Waals surface area contributed by atoms with E-state index in [4.69, 9.17) is 14.2 Å². The Labute approximate surface area is 189 Å². The Morgan fingerprint density at radius 1 is 1.09 bits per heavy atom. The summed E-state index contributed by atoms with van der Waals surface area (Å²) in [5.74, 6) is 1.24. The first-order valence-electron chi connectivity index (χ1n) is 10.1. The van der Waals surface area contributed by atoms with Crippen LogP contribution in [0.3, 0.4) is 0 Å². The van der Waals surface area contributed by atoms with Crippen LogP contribution < -0.4 is 24.8 Å². The molecule has 0 radical (unpaired) electrons. The number of benzene rings is 2. The van der Waals surface area contributed by atoms with Crippen molar-refractivity contribution >= 4 is 28.3 Å². The van der Waals surface area contributed by atoms with Crippen LogP contribution in [-0.4, -0.2) is 36.7 Å². The highest BCUT2D eigenvalue weighted by Crippen LogP contribution is 2.36. The van der Waals surface area contributed by atoms with Crippen molar-refractivity contribution in [3.05, 3.63) is 53.4 Å². The molecule has 2 aromatic carbocycles. The number of methoxy groups -OCH3 is 1. The average molecular weight is 454 g/mol. The molecule has 2 heterocycles. The van der Waals surface area contributed by atoms with Gasteiger partial charge in [-0.05, 0) is 48.4 Å². The Kier molecular flexibility index (Phi) is 6.27. The van der Waals surface area contributed by atoms with E-state index in [1.54, 1.807) is 31.4 Å². The Morgan fingerprint density at radius 3 is 2.56 bits per heavy atom. The number of anilines is 1. The van der Waals surface area contributed by atoms with Crippen LogP contribution in [0.5, 0.6) is 17.2 Å². The van der Waals surface area contributed by atoms with Gasteiger partial charge in [0.2, 0.25) is 12.7 Å². The highest BCUT2D eigenvalue weighted by Gasteiger charge is 2.26. The first-order valence-corrected chi connectivity index (χ1v) is 10.9. The fourth-order valence-corrected chi connectivity index (χ4v) is 3.93. The molecule has 0 aliphatic carbocycles. The first-order chi connectivity index (χ1) is 15.4. The van der Waals surface area contributed by atoms with Crippen LogP contribution in [0.15, 0.2) is 47.8 Å². The second-order valence-corrected chi connectivity index (χ2v) is 8.38. The zero-order chi connectivity index (χ0) is 22.7. The van der Waals surface area contributed by atoms with Gasteiger partial charge in [0.15, 0.2) is 16.6 Å². The highest BCUT2D eigenvalue weighted by atomic mass is 32.1. The molecule has 1 aromatic heterocycles. The molecule has 9 heteroatoms. The lowest BCUT2D eigenvalue weighted by molar-refractivity contribution is -0.118. The zero-order valence-corrected chi connectivity index (χ0v) is 18.7. The van der Waals surface area contributed by atoms with Crippen LogP contribution in [0.2, 0.25) is 0 Å². The first kappa shape index (κ1) is 21.6. The van der Waals surface area contributed by atoms with Crippen LogP contribution in [0.1, 0.15) is 24.2 Å². The van der Waals surface area contributed by atoms with Gasteiger partial charge in [-0.25, -0.2) is 4.98 Å². The standard InChI is InChI=1S/C23H23N3O5S/c1-13(2)20(25-21(27)14-4-7-16(29-3)8-5-14)22(28)26-23-24-17(11-32-23)15-6-9-18-19(10-15)31-12-30-18/h4-11,13,20H,12H2,1-3H3,(H,25,27)(H,24,26,28). The van der Waals surface area contributed by atoms with Gasteiger partial charge < -0.3 is 24.8 Å². The van der Waals surface area contributed by atoms with Crippen molar-refractivity contribution < 1.29 is 23.8 Å². The number of ether oxygens (including phenoxy) is 3. The maximum atomic E-state index is 12.9. The predicted octanol–water partition coefficient (Wildman–Crippen LogP) is 3.94. The molecule has 1 unspecified atom stereocenters. The number of hydrogen-bond donors (Lipinski definition) is 2. The lowest BCUT2D eigenvalue weighted by atomic mass is 10.0. The van der Waals surface area contributed by atoms with Crippen molar-refractivity contribution in [3.8, 4) is 28.5 Å². The molecule has 3 aromatic rings. The third-order valence-corrected chi connectivity index (χ3v) is 5.75. The molecule has 166 valence electrons. The minimum absolute atomic E-state index is 0.120. The molecular weight excluding hydrogens is 430 g/mol. The van der Waals surface area contributed by atoms with Gasteiger partial charge in [0.1, 0.15) is 11.8 Å². The Balaban J connectivity index is 1.43. The van der Waals surface area contributed by atoms with Gasteiger partial charge in [-0.2, -0.15) is 0 Å². The molecule has 0 bridgehead atoms. The molecule has 1 aliphatic rings. The summed E-state index contributed by atoms with van der Waals surface area (Å²) in [5.41, 5.74) is 2.02. The van der Waals surface area contributed by atoms with E-state index in [-0.39, 0.29) is 24.5 Å². The summed E-state index contributed by atoms with van der Waals surface area (Å²) in [6, 6.07) is 11.6. The van der Waals surface area contributed by atoms with E-state index in [0.29, 0.717) is 33.6 Å². The largest absolute Gasteiger partial charge is 0.497 e. The van der Waals surface area contributed by atoms with Crippen LogP contribution in [0.25, 0.3) is 11.3 Å². The monoisotopic (exact) mass is 453 g/mol. The third kappa shape index (κ3) is 4.67. The van der Waals surface area contributed by atoms with Crippen molar-refractivity contribution in [3.63, 3.8) is 0 Å². The number of nitrogens with one attached hydrogen (secondary N) is 2. The van der Waals surface area contributed by atoms with Gasteiger partial charge >= 0.3 is 0 Å². The molecule has 32 heavy (non-hydrogen) atoms. The molecule has 8 nitrogen and oxygen atoms in total. The molecule has 0 saturated heterocycles. The van der Waals surface area contributed by atoms with Crippen molar-refractivity contribution in [1.82, 2.24) is 10.3 Å². The maximum Gasteiger partial charge on any atom is 0.251 e. The summed E-state index contributed by atoms with van der Waals surface area (Å²) in [6.07, 6.45) is 0. The van der Waals surface area contributed by atoms with Crippen LogP contribution in [0, 0.1) is 5.92 Å². The lowest BCUT2D eigenvalue weighted by Crippen LogP contribution is -2.47. The second kappa shape index (κ2) is 9.27. The minimum atomic E-state index is -0.720. The van der Waals surface area contributed by atoms with Crippen molar-refractivity contribution in [2.24, 2.45) is 5.92 Å². The summed E-state index contributed by atoms with van der Waals surface area (Å²) in [4.78, 5) is 30.0. The van der Waals surface area contributed by atoms with E-state index in [1.165, 1.54) is 11.3 Å². The number of hydrogen-bond acceptors (Lipinski definition) is 7. The van der Waals surface area contributed by atoms with E-state index in [9.17, 15) is 9.59 Å². The maximum absolute atomic E-state index is 12.9. The normalized spacial score (nSPS) is 13.0. The highest BCUT2D eigenvalue weighted by molar-refractivity contribution is 7.14. The summed E-state index contributed by atoms with van der Waals surface area (Å²) in [7, 11) is 1.56. The molecule has 0 saturated carbocycles. The van der Waals surface area contributed by atoms with Gasteiger partial charge in [-0.1, -0.05) is 13.8 Å². The molecule has 2 amide bonds. The summed E-state index contributed by atoms with van der Waals surface area (Å²) >= 11 is 1.31. The number of aromatic nitrogens is 1. The number of carbonyl (C=O) groups is 2. The smallest absolute Gasteiger partial charge is 0.251 e. The van der Waals surface area contributed by atoms with Crippen molar-refractivity contribution in [1.29, 1.82) is 0 Å². The number of nitrogens with zero attached hydrogens (tertiary/aromatic N) is 1. The Morgan fingerprint density at radius 2 is 1.84 bits per heavy atom. The molecule has 1 aliphatic heterocycles. The zero-order valence-electron chi connectivity index (χ0n) is 17.9. The van der Waals surface area contributed by atoms with Crippen LogP contribution in [-0.2, 0) is 4.79 Å². The molecule has 0 spiro atoms.